The zero-order chi connectivity index (χ0) is 31.0. The first-order valence-electron chi connectivity index (χ1n) is 14.1. The molecule has 230 valence electrons. The van der Waals surface area contributed by atoms with E-state index in [1.807, 2.05) is 13.0 Å². The number of carbonyl (C=O) groups is 5. The van der Waals surface area contributed by atoms with Crippen molar-refractivity contribution in [2.75, 3.05) is 6.54 Å². The van der Waals surface area contributed by atoms with E-state index in [9.17, 15) is 29.1 Å². The third-order valence-corrected chi connectivity index (χ3v) is 5.94. The van der Waals surface area contributed by atoms with E-state index >= 15 is 0 Å². The molecule has 11 heteroatoms. The summed E-state index contributed by atoms with van der Waals surface area (Å²) in [6.45, 7) is 10.2. The Bertz CT molecular complexity index is 989. The van der Waals surface area contributed by atoms with Crippen molar-refractivity contribution in [3.05, 3.63) is 35.9 Å². The standard InChI is InChI=1S/C30H46N2O9/c1-7-11-20(2)40-27(36)15-14-26(35)32-24(16-17-31-29(38)41-30(4,5)6)25(34)18-23(21(3)33)28(37)39-19-22-12-9-8-10-13-22/h8-10,12-13,20-21,23-24,33H,7,11,14-19H2,1-6H3,(H,31,38)(H,32,35)/t20?,21?,23-,24-/m0/s1. The van der Waals surface area contributed by atoms with E-state index in [0.717, 1.165) is 12.0 Å². The van der Waals surface area contributed by atoms with E-state index in [0.29, 0.717) is 6.42 Å². The summed E-state index contributed by atoms with van der Waals surface area (Å²) in [4.78, 5) is 62.8. The van der Waals surface area contributed by atoms with Gasteiger partial charge < -0.3 is 30.0 Å². The Kier molecular flexibility index (Phi) is 15.7. The summed E-state index contributed by atoms with van der Waals surface area (Å²) in [5.41, 5.74) is 0.0268. The van der Waals surface area contributed by atoms with Gasteiger partial charge in [0, 0.05) is 19.4 Å². The number of hydrogen-bond donors (Lipinski definition) is 3. The number of carbonyl (C=O) groups excluding carboxylic acids is 5. The lowest BCUT2D eigenvalue weighted by Crippen LogP contribution is -2.45. The second kappa shape index (κ2) is 18.1. The largest absolute Gasteiger partial charge is 0.463 e. The molecular formula is C30H46N2O9. The van der Waals surface area contributed by atoms with Gasteiger partial charge in [-0.15, -0.1) is 0 Å². The van der Waals surface area contributed by atoms with Crippen molar-refractivity contribution < 1.29 is 43.3 Å². The molecule has 0 radical (unpaired) electrons. The molecule has 0 saturated heterocycles. The Morgan fingerprint density at radius 1 is 0.976 bits per heavy atom. The molecule has 0 spiro atoms. The van der Waals surface area contributed by atoms with Gasteiger partial charge in [0.15, 0.2) is 5.78 Å². The average Bonchev–Trinajstić information content (AvgIpc) is 2.88. The Morgan fingerprint density at radius 2 is 1.63 bits per heavy atom. The first-order valence-corrected chi connectivity index (χ1v) is 14.1. The first-order chi connectivity index (χ1) is 19.2. The Labute approximate surface area is 242 Å². The molecule has 11 nitrogen and oxygen atoms in total. The molecule has 0 bridgehead atoms. The Hall–Kier alpha value is -3.47. The number of amides is 2. The van der Waals surface area contributed by atoms with Crippen LogP contribution in [0.25, 0.3) is 0 Å². The zero-order valence-electron chi connectivity index (χ0n) is 25.1. The summed E-state index contributed by atoms with van der Waals surface area (Å²) in [5.74, 6) is -3.55. The number of ether oxygens (including phenoxy) is 3. The fraction of sp³-hybridized carbons (Fsp3) is 0.633. The molecule has 1 aromatic rings. The third kappa shape index (κ3) is 15.8. The second-order valence-corrected chi connectivity index (χ2v) is 11.0. The summed E-state index contributed by atoms with van der Waals surface area (Å²) >= 11 is 0. The molecule has 1 rings (SSSR count). The molecule has 0 fully saturated rings. The van der Waals surface area contributed by atoms with Gasteiger partial charge in [-0.05, 0) is 53.0 Å². The van der Waals surface area contributed by atoms with E-state index in [4.69, 9.17) is 14.2 Å². The minimum Gasteiger partial charge on any atom is -0.463 e. The number of alkyl carbamates (subject to hydrolysis) is 1. The number of benzene rings is 1. The van der Waals surface area contributed by atoms with Gasteiger partial charge in [-0.25, -0.2) is 4.79 Å². The zero-order valence-corrected chi connectivity index (χ0v) is 25.1. The number of nitrogens with one attached hydrogen (secondary N) is 2. The van der Waals surface area contributed by atoms with Crippen LogP contribution in [0.3, 0.4) is 0 Å². The smallest absolute Gasteiger partial charge is 0.407 e. The second-order valence-electron chi connectivity index (χ2n) is 11.0. The van der Waals surface area contributed by atoms with Crippen LogP contribution in [-0.4, -0.2) is 65.2 Å². The predicted octanol–water partition coefficient (Wildman–Crippen LogP) is 3.60. The Morgan fingerprint density at radius 3 is 2.22 bits per heavy atom. The van der Waals surface area contributed by atoms with Crippen molar-refractivity contribution in [3.63, 3.8) is 0 Å². The molecule has 0 aliphatic rings. The Balaban J connectivity index is 2.85. The minimum absolute atomic E-state index is 0.00656. The summed E-state index contributed by atoms with van der Waals surface area (Å²) in [6, 6.07) is 7.87. The quantitative estimate of drug-likeness (QED) is 0.186. The van der Waals surface area contributed by atoms with Crippen LogP contribution in [0.15, 0.2) is 30.3 Å². The molecule has 2 amide bonds. The van der Waals surface area contributed by atoms with E-state index in [1.165, 1.54) is 6.92 Å². The van der Waals surface area contributed by atoms with E-state index in [1.54, 1.807) is 52.0 Å². The summed E-state index contributed by atoms with van der Waals surface area (Å²) in [5, 5.41) is 15.4. The lowest BCUT2D eigenvalue weighted by Gasteiger charge is -2.23. The first kappa shape index (κ1) is 35.6. The molecular weight excluding hydrogens is 532 g/mol. The molecule has 0 aliphatic carbocycles. The molecule has 0 aromatic heterocycles. The average molecular weight is 579 g/mol. The fourth-order valence-corrected chi connectivity index (χ4v) is 3.82. The van der Waals surface area contributed by atoms with Crippen LogP contribution in [0.2, 0.25) is 0 Å². The number of rotatable bonds is 17. The highest BCUT2D eigenvalue weighted by Crippen LogP contribution is 2.16. The van der Waals surface area contributed by atoms with Gasteiger partial charge in [-0.3, -0.25) is 19.2 Å². The van der Waals surface area contributed by atoms with Crippen molar-refractivity contribution in [2.24, 2.45) is 5.92 Å². The molecule has 3 N–H and O–H groups in total. The SMILES string of the molecule is CCCC(C)OC(=O)CCC(=O)N[C@@H](CCNC(=O)OC(C)(C)C)C(=O)C[C@H](C(=O)OCc1ccccc1)C(C)O. The molecule has 0 saturated carbocycles. The summed E-state index contributed by atoms with van der Waals surface area (Å²) < 4.78 is 15.8. The van der Waals surface area contributed by atoms with Gasteiger partial charge in [0.05, 0.1) is 30.6 Å². The maximum Gasteiger partial charge on any atom is 0.407 e. The lowest BCUT2D eigenvalue weighted by atomic mass is 9.93. The van der Waals surface area contributed by atoms with Crippen LogP contribution in [0.4, 0.5) is 4.79 Å². The highest BCUT2D eigenvalue weighted by Gasteiger charge is 2.32. The molecule has 41 heavy (non-hydrogen) atoms. The molecule has 1 aromatic carbocycles. The van der Waals surface area contributed by atoms with Crippen molar-refractivity contribution in [3.8, 4) is 0 Å². The number of aliphatic hydroxyl groups is 1. The monoisotopic (exact) mass is 578 g/mol. The van der Waals surface area contributed by atoms with Gasteiger partial charge in [0.1, 0.15) is 12.2 Å². The van der Waals surface area contributed by atoms with Gasteiger partial charge in [-0.2, -0.15) is 0 Å². The van der Waals surface area contributed by atoms with Gasteiger partial charge >= 0.3 is 18.0 Å². The van der Waals surface area contributed by atoms with Crippen molar-refractivity contribution in [1.82, 2.24) is 10.6 Å². The van der Waals surface area contributed by atoms with Gasteiger partial charge in [0.2, 0.25) is 5.91 Å². The number of aliphatic hydroxyl groups excluding tert-OH is 1. The van der Waals surface area contributed by atoms with Crippen LogP contribution >= 0.6 is 0 Å². The van der Waals surface area contributed by atoms with Crippen LogP contribution < -0.4 is 10.6 Å². The molecule has 4 atom stereocenters. The lowest BCUT2D eigenvalue weighted by molar-refractivity contribution is -0.155. The maximum atomic E-state index is 13.3. The van der Waals surface area contributed by atoms with E-state index in [2.05, 4.69) is 10.6 Å². The summed E-state index contributed by atoms with van der Waals surface area (Å²) in [6.07, 6.45) is -1.38. The van der Waals surface area contributed by atoms with Crippen molar-refractivity contribution in [2.45, 2.75) is 111 Å². The normalized spacial score (nSPS) is 14.1. The number of ketones is 1. The third-order valence-electron chi connectivity index (χ3n) is 5.94. The minimum atomic E-state index is -1.20. The highest BCUT2D eigenvalue weighted by molar-refractivity contribution is 5.92. The molecule has 2 unspecified atom stereocenters. The van der Waals surface area contributed by atoms with Gasteiger partial charge in [-0.1, -0.05) is 43.7 Å². The molecule has 0 heterocycles. The van der Waals surface area contributed by atoms with E-state index < -0.39 is 59.8 Å². The number of esters is 2. The van der Waals surface area contributed by atoms with E-state index in [-0.39, 0.29) is 38.5 Å². The fourth-order valence-electron chi connectivity index (χ4n) is 3.82. The van der Waals surface area contributed by atoms with Crippen LogP contribution in [0.1, 0.15) is 85.6 Å². The number of Topliss-reactive ketones (excluding diaryl/α,β-unsaturated/α-hetero) is 1. The van der Waals surface area contributed by atoms with Crippen LogP contribution in [0, 0.1) is 5.92 Å². The summed E-state index contributed by atoms with van der Waals surface area (Å²) in [7, 11) is 0. The predicted molar refractivity (Wildman–Crippen MR) is 152 cm³/mol. The van der Waals surface area contributed by atoms with Crippen molar-refractivity contribution >= 4 is 29.7 Å². The van der Waals surface area contributed by atoms with Crippen LogP contribution in [-0.2, 0) is 40.0 Å². The van der Waals surface area contributed by atoms with Crippen molar-refractivity contribution in [1.29, 1.82) is 0 Å². The van der Waals surface area contributed by atoms with Gasteiger partial charge in [0.25, 0.3) is 0 Å². The van der Waals surface area contributed by atoms with Crippen LogP contribution in [0.5, 0.6) is 0 Å². The molecule has 0 aliphatic heterocycles. The topological polar surface area (TPSA) is 157 Å². The highest BCUT2D eigenvalue weighted by atomic mass is 16.6. The number of hydrogen-bond acceptors (Lipinski definition) is 9. The maximum absolute atomic E-state index is 13.3.